The van der Waals surface area contributed by atoms with Crippen LogP contribution < -0.4 is 4.90 Å². The lowest BCUT2D eigenvalue weighted by Gasteiger charge is -2.39. The van der Waals surface area contributed by atoms with Gasteiger partial charge in [0.25, 0.3) is 0 Å². The predicted molar refractivity (Wildman–Crippen MR) is 98.6 cm³/mol. The molecule has 1 aromatic carbocycles. The van der Waals surface area contributed by atoms with Gasteiger partial charge in [0.15, 0.2) is 0 Å². The predicted octanol–water partition coefficient (Wildman–Crippen LogP) is 2.80. The summed E-state index contributed by atoms with van der Waals surface area (Å²) in [5.41, 5.74) is 1.89. The molecule has 0 radical (unpaired) electrons. The molecule has 3 heterocycles. The van der Waals surface area contributed by atoms with Gasteiger partial charge in [-0.3, -0.25) is 9.69 Å². The Balaban J connectivity index is 1.61. The molecule has 2 aromatic rings. The lowest BCUT2D eigenvalue weighted by Crippen LogP contribution is -2.51. The number of aromatic nitrogens is 2. The average Bonchev–Trinajstić information content (AvgIpc) is 3.14. The Morgan fingerprint density at radius 2 is 2.12 bits per heavy atom. The molecule has 1 fully saturated rings. The van der Waals surface area contributed by atoms with E-state index in [0.29, 0.717) is 0 Å². The van der Waals surface area contributed by atoms with Crippen LogP contribution in [0.1, 0.15) is 37.6 Å². The van der Waals surface area contributed by atoms with E-state index in [1.54, 1.807) is 0 Å². The second-order valence-electron chi connectivity index (χ2n) is 7.31. The Labute approximate surface area is 149 Å². The second kappa shape index (κ2) is 6.30. The van der Waals surface area contributed by atoms with Gasteiger partial charge in [-0.25, -0.2) is 4.98 Å². The minimum absolute atomic E-state index is 0.246. The highest BCUT2D eigenvalue weighted by atomic mass is 16.2. The van der Waals surface area contributed by atoms with Crippen LogP contribution in [0.15, 0.2) is 36.7 Å². The van der Waals surface area contributed by atoms with Crippen molar-refractivity contribution in [1.29, 1.82) is 0 Å². The Morgan fingerprint density at radius 1 is 1.28 bits per heavy atom. The third kappa shape index (κ3) is 2.58. The number of benzene rings is 1. The van der Waals surface area contributed by atoms with Gasteiger partial charge < -0.3 is 9.47 Å². The summed E-state index contributed by atoms with van der Waals surface area (Å²) in [5.74, 6) is 1.35. The van der Waals surface area contributed by atoms with E-state index >= 15 is 0 Å². The summed E-state index contributed by atoms with van der Waals surface area (Å²) in [6.07, 6.45) is 7.02. The number of carbonyl (C=O) groups is 1. The maximum Gasteiger partial charge on any atom is 0.238 e. The van der Waals surface area contributed by atoms with Gasteiger partial charge in [-0.15, -0.1) is 0 Å². The molecule has 25 heavy (non-hydrogen) atoms. The molecule has 2 aliphatic rings. The van der Waals surface area contributed by atoms with Gasteiger partial charge in [0, 0.05) is 38.2 Å². The van der Waals surface area contributed by atoms with E-state index in [0.717, 1.165) is 57.0 Å². The highest BCUT2D eigenvalue weighted by Gasteiger charge is 2.51. The van der Waals surface area contributed by atoms with Crippen molar-refractivity contribution < 1.29 is 4.79 Å². The fourth-order valence-electron chi connectivity index (χ4n) is 4.53. The van der Waals surface area contributed by atoms with Crippen molar-refractivity contribution in [3.8, 4) is 0 Å². The summed E-state index contributed by atoms with van der Waals surface area (Å²) in [7, 11) is 1.91. The van der Waals surface area contributed by atoms with Gasteiger partial charge >= 0.3 is 0 Å². The first-order chi connectivity index (χ1) is 12.2. The Morgan fingerprint density at radius 3 is 2.96 bits per heavy atom. The van der Waals surface area contributed by atoms with Gasteiger partial charge in [0.05, 0.1) is 12.0 Å². The summed E-state index contributed by atoms with van der Waals surface area (Å²) in [6.45, 7) is 5.81. The number of aryl methyl sites for hydroxylation is 1. The van der Waals surface area contributed by atoms with Crippen LogP contribution in [0.3, 0.4) is 0 Å². The molecule has 1 amide bonds. The quantitative estimate of drug-likeness (QED) is 0.861. The molecular formula is C20H26N4O. The standard InChI is InChI=1S/C20H26N4O/c1-3-11-24-13-10-21-18(24)14-23-12-6-9-20(15-23)16-7-4-5-8-17(16)22(2)19(20)25/h4-5,7-8,10,13H,3,6,9,11-12,14-15H2,1-2H3/t20-/m0/s1. The van der Waals surface area contributed by atoms with Crippen molar-refractivity contribution in [1.82, 2.24) is 14.5 Å². The Hall–Kier alpha value is -2.14. The molecule has 1 saturated heterocycles. The van der Waals surface area contributed by atoms with Crippen molar-refractivity contribution in [2.45, 2.75) is 44.7 Å². The SMILES string of the molecule is CCCn1ccnc1CN1CCC[C@@]2(C1)C(=O)N(C)c1ccccc12. The summed E-state index contributed by atoms with van der Waals surface area (Å²) in [4.78, 5) is 21.9. The summed E-state index contributed by atoms with van der Waals surface area (Å²) in [6, 6.07) is 8.27. The number of rotatable bonds is 4. The van der Waals surface area contributed by atoms with Gasteiger partial charge in [-0.1, -0.05) is 25.1 Å². The lowest BCUT2D eigenvalue weighted by molar-refractivity contribution is -0.125. The largest absolute Gasteiger partial charge is 0.334 e. The molecule has 0 bridgehead atoms. The molecule has 1 aromatic heterocycles. The highest BCUT2D eigenvalue weighted by molar-refractivity contribution is 6.08. The van der Waals surface area contributed by atoms with Crippen LogP contribution in [0.2, 0.25) is 0 Å². The molecule has 0 aliphatic carbocycles. The van der Waals surface area contributed by atoms with Crippen molar-refractivity contribution in [2.75, 3.05) is 25.0 Å². The van der Waals surface area contributed by atoms with Crippen molar-refractivity contribution in [3.05, 3.63) is 48.0 Å². The first-order valence-corrected chi connectivity index (χ1v) is 9.26. The Bertz CT molecular complexity index is 784. The van der Waals surface area contributed by atoms with Crippen LogP contribution in [-0.4, -0.2) is 40.5 Å². The molecule has 132 valence electrons. The van der Waals surface area contributed by atoms with Gasteiger partial charge in [-0.2, -0.15) is 0 Å². The van der Waals surface area contributed by atoms with Gasteiger partial charge in [-0.05, 0) is 37.4 Å². The van der Waals surface area contributed by atoms with E-state index in [9.17, 15) is 4.79 Å². The van der Waals surface area contributed by atoms with Crippen molar-refractivity contribution in [2.24, 2.45) is 0 Å². The van der Waals surface area contributed by atoms with Gasteiger partial charge in [0.2, 0.25) is 5.91 Å². The van der Waals surface area contributed by atoms with E-state index in [1.165, 1.54) is 5.56 Å². The first kappa shape index (κ1) is 16.3. The number of hydrogen-bond donors (Lipinski definition) is 0. The molecule has 2 aliphatic heterocycles. The zero-order valence-electron chi connectivity index (χ0n) is 15.1. The molecule has 1 atom stereocenters. The lowest BCUT2D eigenvalue weighted by atomic mass is 9.75. The molecule has 1 spiro atoms. The summed E-state index contributed by atoms with van der Waals surface area (Å²) >= 11 is 0. The fourth-order valence-corrected chi connectivity index (χ4v) is 4.53. The average molecular weight is 338 g/mol. The van der Waals surface area contributed by atoms with Crippen LogP contribution >= 0.6 is 0 Å². The van der Waals surface area contributed by atoms with Crippen LogP contribution in [0, 0.1) is 0 Å². The summed E-state index contributed by atoms with van der Waals surface area (Å²) in [5, 5.41) is 0. The van der Waals surface area contributed by atoms with Gasteiger partial charge in [0.1, 0.15) is 5.82 Å². The third-order valence-electron chi connectivity index (χ3n) is 5.70. The smallest absolute Gasteiger partial charge is 0.238 e. The number of likely N-dealkylation sites (tertiary alicyclic amines) is 1. The zero-order valence-corrected chi connectivity index (χ0v) is 15.1. The van der Waals surface area contributed by atoms with Crippen LogP contribution in [0.25, 0.3) is 0 Å². The number of para-hydroxylation sites is 1. The minimum Gasteiger partial charge on any atom is -0.334 e. The molecule has 0 N–H and O–H groups in total. The van der Waals surface area contributed by atoms with Crippen molar-refractivity contribution >= 4 is 11.6 Å². The van der Waals surface area contributed by atoms with E-state index in [1.807, 2.05) is 24.2 Å². The monoisotopic (exact) mass is 338 g/mol. The molecule has 5 nitrogen and oxygen atoms in total. The number of fused-ring (bicyclic) bond motifs is 2. The van der Waals surface area contributed by atoms with E-state index in [2.05, 4.69) is 45.8 Å². The highest BCUT2D eigenvalue weighted by Crippen LogP contribution is 2.46. The summed E-state index contributed by atoms with van der Waals surface area (Å²) < 4.78 is 2.23. The number of amides is 1. The third-order valence-corrected chi connectivity index (χ3v) is 5.70. The Kier molecular flexibility index (Phi) is 4.12. The molecule has 0 unspecified atom stereocenters. The molecule has 5 heteroatoms. The van der Waals surface area contributed by atoms with E-state index in [-0.39, 0.29) is 11.3 Å². The topological polar surface area (TPSA) is 41.4 Å². The van der Waals surface area contributed by atoms with Crippen LogP contribution in [0.5, 0.6) is 0 Å². The number of anilines is 1. The normalized spacial score (nSPS) is 23.4. The second-order valence-corrected chi connectivity index (χ2v) is 7.31. The van der Waals surface area contributed by atoms with E-state index in [4.69, 9.17) is 0 Å². The fraction of sp³-hybridized carbons (Fsp3) is 0.500. The minimum atomic E-state index is -0.383. The first-order valence-electron chi connectivity index (χ1n) is 9.26. The zero-order chi connectivity index (χ0) is 17.4. The molecule has 0 saturated carbocycles. The number of carbonyl (C=O) groups excluding carboxylic acids is 1. The molecule has 4 rings (SSSR count). The number of nitrogens with zero attached hydrogens (tertiary/aromatic N) is 4. The number of hydrogen-bond acceptors (Lipinski definition) is 3. The number of imidazole rings is 1. The maximum absolute atomic E-state index is 13.1. The number of piperidine rings is 1. The van der Waals surface area contributed by atoms with E-state index < -0.39 is 0 Å². The maximum atomic E-state index is 13.1. The van der Waals surface area contributed by atoms with Crippen molar-refractivity contribution in [3.63, 3.8) is 0 Å². The molecular weight excluding hydrogens is 312 g/mol. The number of likely N-dealkylation sites (N-methyl/N-ethyl adjacent to an activating group) is 1. The van der Waals surface area contributed by atoms with Crippen LogP contribution in [-0.2, 0) is 23.3 Å². The van der Waals surface area contributed by atoms with Crippen LogP contribution in [0.4, 0.5) is 5.69 Å².